The quantitative estimate of drug-likeness (QED) is 0.518. The fourth-order valence-electron chi connectivity index (χ4n) is 3.30. The molecule has 6 heteroatoms. The SMILES string of the molecule is COc1ccc(-c2cc(C(=O)Nc3ncccc3C)c3ccccc3n2)cc1OC. The Kier molecular flexibility index (Phi) is 5.30. The van der Waals surface area contributed by atoms with Crippen LogP contribution in [0.15, 0.2) is 66.9 Å². The van der Waals surface area contributed by atoms with Gasteiger partial charge in [-0.25, -0.2) is 9.97 Å². The Hall–Kier alpha value is -3.93. The molecule has 150 valence electrons. The molecule has 0 bridgehead atoms. The molecule has 2 aromatic heterocycles. The molecule has 0 saturated carbocycles. The minimum atomic E-state index is -0.239. The molecule has 0 aliphatic heterocycles. The molecule has 0 fully saturated rings. The highest BCUT2D eigenvalue weighted by Crippen LogP contribution is 2.33. The van der Waals surface area contributed by atoms with Crippen molar-refractivity contribution >= 4 is 22.6 Å². The first-order chi connectivity index (χ1) is 14.6. The predicted octanol–water partition coefficient (Wildman–Crippen LogP) is 4.87. The number of ether oxygens (including phenoxy) is 2. The van der Waals surface area contributed by atoms with E-state index in [1.54, 1.807) is 26.5 Å². The van der Waals surface area contributed by atoms with E-state index in [0.29, 0.717) is 28.6 Å². The highest BCUT2D eigenvalue weighted by molar-refractivity contribution is 6.13. The Morgan fingerprint density at radius 3 is 2.50 bits per heavy atom. The number of hydrogen-bond acceptors (Lipinski definition) is 5. The summed E-state index contributed by atoms with van der Waals surface area (Å²) in [7, 11) is 3.18. The third-order valence-electron chi connectivity index (χ3n) is 4.88. The second-order valence-electron chi connectivity index (χ2n) is 6.76. The molecule has 0 saturated heterocycles. The molecule has 4 aromatic rings. The number of hydrogen-bond donors (Lipinski definition) is 1. The van der Waals surface area contributed by atoms with Crippen LogP contribution in [0.4, 0.5) is 5.82 Å². The Balaban J connectivity index is 1.82. The van der Waals surface area contributed by atoms with E-state index in [2.05, 4.69) is 10.3 Å². The molecule has 0 aliphatic rings. The first-order valence-corrected chi connectivity index (χ1v) is 9.46. The number of aromatic nitrogens is 2. The lowest BCUT2D eigenvalue weighted by atomic mass is 10.0. The van der Waals surface area contributed by atoms with Crippen molar-refractivity contribution in [1.82, 2.24) is 9.97 Å². The standard InChI is InChI=1S/C24H21N3O3/c1-15-7-6-12-25-23(15)27-24(28)18-14-20(26-19-9-5-4-8-17(18)19)16-10-11-21(29-2)22(13-16)30-3/h4-14H,1-3H3,(H,25,27,28). The van der Waals surface area contributed by atoms with Crippen LogP contribution >= 0.6 is 0 Å². The smallest absolute Gasteiger partial charge is 0.257 e. The summed E-state index contributed by atoms with van der Waals surface area (Å²) in [6.45, 7) is 1.91. The largest absolute Gasteiger partial charge is 0.493 e. The van der Waals surface area contributed by atoms with Gasteiger partial charge in [0.05, 0.1) is 31.0 Å². The fourth-order valence-corrected chi connectivity index (χ4v) is 3.30. The van der Waals surface area contributed by atoms with Crippen LogP contribution in [0.2, 0.25) is 0 Å². The third-order valence-corrected chi connectivity index (χ3v) is 4.88. The molecule has 0 atom stereocenters. The average Bonchev–Trinajstić information content (AvgIpc) is 2.79. The molecule has 4 rings (SSSR count). The van der Waals surface area contributed by atoms with Crippen molar-refractivity contribution in [2.24, 2.45) is 0 Å². The van der Waals surface area contributed by atoms with Gasteiger partial charge in [-0.05, 0) is 48.9 Å². The van der Waals surface area contributed by atoms with E-state index < -0.39 is 0 Å². The summed E-state index contributed by atoms with van der Waals surface area (Å²) in [5.74, 6) is 1.53. The number of carbonyl (C=O) groups is 1. The van der Waals surface area contributed by atoms with Gasteiger partial charge in [-0.15, -0.1) is 0 Å². The second-order valence-corrected chi connectivity index (χ2v) is 6.76. The number of rotatable bonds is 5. The minimum absolute atomic E-state index is 0.239. The summed E-state index contributed by atoms with van der Waals surface area (Å²) < 4.78 is 10.7. The first kappa shape index (κ1) is 19.4. The normalized spacial score (nSPS) is 10.6. The molecule has 0 aliphatic carbocycles. The zero-order chi connectivity index (χ0) is 21.1. The Morgan fingerprint density at radius 1 is 0.933 bits per heavy atom. The number of para-hydroxylation sites is 1. The number of methoxy groups -OCH3 is 2. The maximum Gasteiger partial charge on any atom is 0.257 e. The Morgan fingerprint density at radius 2 is 1.73 bits per heavy atom. The van der Waals surface area contributed by atoms with Crippen LogP contribution in [0, 0.1) is 6.92 Å². The van der Waals surface area contributed by atoms with E-state index in [4.69, 9.17) is 14.5 Å². The van der Waals surface area contributed by atoms with Crippen LogP contribution < -0.4 is 14.8 Å². The molecule has 1 N–H and O–H groups in total. The van der Waals surface area contributed by atoms with Gasteiger partial charge in [-0.2, -0.15) is 0 Å². The van der Waals surface area contributed by atoms with Crippen molar-refractivity contribution in [2.45, 2.75) is 6.92 Å². The maximum absolute atomic E-state index is 13.2. The molecule has 30 heavy (non-hydrogen) atoms. The van der Waals surface area contributed by atoms with Crippen molar-refractivity contribution in [2.75, 3.05) is 19.5 Å². The van der Waals surface area contributed by atoms with Gasteiger partial charge < -0.3 is 14.8 Å². The summed E-state index contributed by atoms with van der Waals surface area (Å²) in [4.78, 5) is 22.2. The van der Waals surface area contributed by atoms with Crippen molar-refractivity contribution in [3.63, 3.8) is 0 Å². The topological polar surface area (TPSA) is 73.3 Å². The van der Waals surface area contributed by atoms with Crippen molar-refractivity contribution in [1.29, 1.82) is 0 Å². The lowest BCUT2D eigenvalue weighted by molar-refractivity contribution is 0.102. The number of carbonyl (C=O) groups excluding carboxylic acids is 1. The fraction of sp³-hybridized carbons (Fsp3) is 0.125. The van der Waals surface area contributed by atoms with Crippen LogP contribution in [-0.2, 0) is 0 Å². The molecular formula is C24H21N3O3. The highest BCUT2D eigenvalue weighted by Gasteiger charge is 2.16. The van der Waals surface area contributed by atoms with Gasteiger partial charge >= 0.3 is 0 Å². The van der Waals surface area contributed by atoms with E-state index in [0.717, 1.165) is 22.0 Å². The molecular weight excluding hydrogens is 378 g/mol. The number of anilines is 1. The van der Waals surface area contributed by atoms with Crippen molar-refractivity contribution in [3.8, 4) is 22.8 Å². The average molecular weight is 399 g/mol. The van der Waals surface area contributed by atoms with Gasteiger partial charge in [-0.1, -0.05) is 24.3 Å². The molecule has 1 amide bonds. The summed E-state index contributed by atoms with van der Waals surface area (Å²) >= 11 is 0. The molecule has 2 aromatic carbocycles. The molecule has 2 heterocycles. The lowest BCUT2D eigenvalue weighted by Gasteiger charge is -2.13. The number of amides is 1. The Labute approximate surface area is 174 Å². The number of nitrogens with zero attached hydrogens (tertiary/aromatic N) is 2. The van der Waals surface area contributed by atoms with E-state index in [9.17, 15) is 4.79 Å². The van der Waals surface area contributed by atoms with Crippen LogP contribution in [0.5, 0.6) is 11.5 Å². The zero-order valence-corrected chi connectivity index (χ0v) is 17.0. The van der Waals surface area contributed by atoms with Gasteiger partial charge in [0.25, 0.3) is 5.91 Å². The van der Waals surface area contributed by atoms with E-state index in [-0.39, 0.29) is 5.91 Å². The Bertz CT molecular complexity index is 1240. The van der Waals surface area contributed by atoms with Crippen LogP contribution in [0.3, 0.4) is 0 Å². The first-order valence-electron chi connectivity index (χ1n) is 9.46. The van der Waals surface area contributed by atoms with Gasteiger partial charge in [0.1, 0.15) is 5.82 Å². The van der Waals surface area contributed by atoms with Crippen LogP contribution in [0.25, 0.3) is 22.2 Å². The summed E-state index contributed by atoms with van der Waals surface area (Å²) in [6.07, 6.45) is 1.66. The molecule has 0 radical (unpaired) electrons. The second kappa shape index (κ2) is 8.21. The lowest BCUT2D eigenvalue weighted by Crippen LogP contribution is -2.15. The minimum Gasteiger partial charge on any atom is -0.493 e. The number of benzene rings is 2. The molecule has 0 spiro atoms. The predicted molar refractivity (Wildman–Crippen MR) is 117 cm³/mol. The summed E-state index contributed by atoms with van der Waals surface area (Å²) in [5, 5.41) is 3.69. The van der Waals surface area contributed by atoms with E-state index in [1.807, 2.05) is 61.5 Å². The van der Waals surface area contributed by atoms with Crippen molar-refractivity contribution < 1.29 is 14.3 Å². The van der Waals surface area contributed by atoms with Gasteiger partial charge in [0, 0.05) is 17.1 Å². The number of fused-ring (bicyclic) bond motifs is 1. The number of pyridine rings is 2. The zero-order valence-electron chi connectivity index (χ0n) is 17.0. The van der Waals surface area contributed by atoms with Gasteiger partial charge in [0.15, 0.2) is 11.5 Å². The van der Waals surface area contributed by atoms with E-state index in [1.165, 1.54) is 0 Å². The van der Waals surface area contributed by atoms with Gasteiger partial charge in [0.2, 0.25) is 0 Å². The van der Waals surface area contributed by atoms with Crippen LogP contribution in [0.1, 0.15) is 15.9 Å². The third kappa shape index (κ3) is 3.67. The van der Waals surface area contributed by atoms with Crippen molar-refractivity contribution in [3.05, 3.63) is 78.0 Å². The molecule has 6 nitrogen and oxygen atoms in total. The van der Waals surface area contributed by atoms with Gasteiger partial charge in [-0.3, -0.25) is 4.79 Å². The van der Waals surface area contributed by atoms with Crippen LogP contribution in [-0.4, -0.2) is 30.1 Å². The number of aryl methyl sites for hydroxylation is 1. The monoisotopic (exact) mass is 399 g/mol. The highest BCUT2D eigenvalue weighted by atomic mass is 16.5. The maximum atomic E-state index is 13.2. The van der Waals surface area contributed by atoms with E-state index >= 15 is 0 Å². The summed E-state index contributed by atoms with van der Waals surface area (Å²) in [5.41, 5.74) is 3.63. The number of nitrogens with one attached hydrogen (secondary N) is 1. The molecule has 0 unspecified atom stereocenters. The summed E-state index contributed by atoms with van der Waals surface area (Å²) in [6, 6.07) is 18.7.